The summed E-state index contributed by atoms with van der Waals surface area (Å²) in [5, 5.41) is 3.79. The van der Waals surface area contributed by atoms with E-state index in [-0.39, 0.29) is 17.4 Å². The van der Waals surface area contributed by atoms with Gasteiger partial charge >= 0.3 is 0 Å². The minimum absolute atomic E-state index is 0.0604. The second-order valence-corrected chi connectivity index (χ2v) is 10.1. The summed E-state index contributed by atoms with van der Waals surface area (Å²) in [7, 11) is -3.46. The molecule has 9 heteroatoms. The van der Waals surface area contributed by atoms with Crippen LogP contribution < -0.4 is 14.8 Å². The van der Waals surface area contributed by atoms with Crippen LogP contribution in [0, 0.1) is 11.3 Å². The predicted molar refractivity (Wildman–Crippen MR) is 107 cm³/mol. The van der Waals surface area contributed by atoms with Crippen molar-refractivity contribution in [3.63, 3.8) is 0 Å². The predicted octanol–water partition coefficient (Wildman–Crippen LogP) is 3.12. The maximum Gasteiger partial charge on any atom is 0.277 e. The Hall–Kier alpha value is -0.860. The summed E-state index contributed by atoms with van der Waals surface area (Å²) < 4.78 is 28.9. The van der Waals surface area contributed by atoms with Gasteiger partial charge in [-0.3, -0.25) is 4.79 Å². The molecule has 0 unspecified atom stereocenters. The number of rotatable bonds is 9. The summed E-state index contributed by atoms with van der Waals surface area (Å²) in [6, 6.07) is 4.70. The summed E-state index contributed by atoms with van der Waals surface area (Å²) in [4.78, 5) is 12.5. The average Bonchev–Trinajstić information content (AvgIpc) is 3.34. The molecule has 0 saturated heterocycles. The Morgan fingerprint density at radius 3 is 2.56 bits per heavy atom. The van der Waals surface area contributed by atoms with Crippen molar-refractivity contribution in [3.05, 3.63) is 33.8 Å². The maximum atomic E-state index is 12.5. The van der Waals surface area contributed by atoms with Crippen LogP contribution in [-0.4, -0.2) is 33.5 Å². The molecule has 6 nitrogen and oxygen atoms in total. The number of benzene rings is 1. The zero-order valence-electron chi connectivity index (χ0n) is 15.2. The number of hydrogen-bond acceptors (Lipinski definition) is 3. The first-order chi connectivity index (χ1) is 12.7. The first-order valence-corrected chi connectivity index (χ1v) is 11.5. The standard InChI is InChI=1S/C18H25Cl2N3O3S/c1-2-22-27(25,26)23-14-9-18(10-14,8-12-3-4-12)11-21-17(24)15-6-5-13(19)7-16(15)20/h5-7,12,14,22-23H,2-4,8-11H2,1H3,(H,21,24)/t14-,18+. The van der Waals surface area contributed by atoms with Gasteiger partial charge in [-0.15, -0.1) is 0 Å². The number of nitrogens with one attached hydrogen (secondary N) is 3. The maximum absolute atomic E-state index is 12.5. The SMILES string of the molecule is CCNS(=O)(=O)N[C@H]1C[C@](CNC(=O)c2ccc(Cl)cc2Cl)(CC2CC2)C1. The van der Waals surface area contributed by atoms with Crippen LogP contribution in [-0.2, 0) is 10.2 Å². The third-order valence-corrected chi connectivity index (χ3v) is 7.09. The van der Waals surface area contributed by atoms with Gasteiger partial charge in [-0.25, -0.2) is 4.72 Å². The fourth-order valence-corrected chi connectivity index (χ4v) is 5.44. The van der Waals surface area contributed by atoms with Gasteiger partial charge < -0.3 is 5.32 Å². The molecule has 2 aliphatic rings. The van der Waals surface area contributed by atoms with Gasteiger partial charge in [0.05, 0.1) is 10.6 Å². The van der Waals surface area contributed by atoms with Crippen LogP contribution in [0.1, 0.15) is 49.4 Å². The zero-order chi connectivity index (χ0) is 19.7. The van der Waals surface area contributed by atoms with Crippen molar-refractivity contribution in [2.45, 2.75) is 45.1 Å². The summed E-state index contributed by atoms with van der Waals surface area (Å²) >= 11 is 12.0. The van der Waals surface area contributed by atoms with Gasteiger partial charge in [0, 0.05) is 24.2 Å². The molecule has 1 aromatic carbocycles. The lowest BCUT2D eigenvalue weighted by Crippen LogP contribution is -2.56. The number of amides is 1. The number of hydrogen-bond donors (Lipinski definition) is 3. The molecule has 1 amide bonds. The third-order valence-electron chi connectivity index (χ3n) is 5.23. The Morgan fingerprint density at radius 2 is 1.96 bits per heavy atom. The average molecular weight is 434 g/mol. The van der Waals surface area contributed by atoms with Gasteiger partial charge in [0.25, 0.3) is 16.1 Å². The van der Waals surface area contributed by atoms with E-state index in [0.717, 1.165) is 19.3 Å². The topological polar surface area (TPSA) is 87.3 Å². The highest BCUT2D eigenvalue weighted by Crippen LogP contribution is 2.51. The highest BCUT2D eigenvalue weighted by Gasteiger charge is 2.48. The van der Waals surface area contributed by atoms with Crippen molar-refractivity contribution in [1.82, 2.24) is 14.8 Å². The van der Waals surface area contributed by atoms with Crippen molar-refractivity contribution in [2.75, 3.05) is 13.1 Å². The number of carbonyl (C=O) groups excluding carboxylic acids is 1. The normalized spacial score (nSPS) is 25.1. The summed E-state index contributed by atoms with van der Waals surface area (Å²) in [6.07, 6.45) is 4.89. The van der Waals surface area contributed by atoms with E-state index in [0.29, 0.717) is 34.6 Å². The van der Waals surface area contributed by atoms with E-state index in [9.17, 15) is 13.2 Å². The van der Waals surface area contributed by atoms with E-state index in [1.165, 1.54) is 12.8 Å². The van der Waals surface area contributed by atoms with Crippen LogP contribution in [0.4, 0.5) is 0 Å². The molecular formula is C18H25Cl2N3O3S. The minimum Gasteiger partial charge on any atom is -0.351 e. The van der Waals surface area contributed by atoms with Gasteiger partial charge in [-0.05, 0) is 48.8 Å². The Bertz CT molecular complexity index is 806. The Labute approximate surface area is 170 Å². The molecule has 1 aromatic rings. The fraction of sp³-hybridized carbons (Fsp3) is 0.611. The molecular weight excluding hydrogens is 409 g/mol. The molecule has 0 heterocycles. The largest absolute Gasteiger partial charge is 0.351 e. The van der Waals surface area contributed by atoms with Crippen LogP contribution in [0.3, 0.4) is 0 Å². The minimum atomic E-state index is -3.46. The lowest BCUT2D eigenvalue weighted by molar-refractivity contribution is 0.0660. The van der Waals surface area contributed by atoms with E-state index in [1.54, 1.807) is 25.1 Å². The van der Waals surface area contributed by atoms with Crippen LogP contribution in [0.5, 0.6) is 0 Å². The highest BCUT2D eigenvalue weighted by atomic mass is 35.5. The molecule has 0 bridgehead atoms. The number of halogens is 2. The molecule has 150 valence electrons. The molecule has 2 fully saturated rings. The molecule has 0 aromatic heterocycles. The van der Waals surface area contributed by atoms with E-state index in [4.69, 9.17) is 23.2 Å². The van der Waals surface area contributed by atoms with Gasteiger partial charge in [0.2, 0.25) is 0 Å². The first kappa shape index (κ1) is 20.9. The van der Waals surface area contributed by atoms with Gasteiger partial charge in [0.15, 0.2) is 0 Å². The van der Waals surface area contributed by atoms with E-state index in [1.807, 2.05) is 0 Å². The van der Waals surface area contributed by atoms with Crippen LogP contribution in [0.2, 0.25) is 10.0 Å². The number of carbonyl (C=O) groups is 1. The van der Waals surface area contributed by atoms with Crippen molar-refractivity contribution in [1.29, 1.82) is 0 Å². The second kappa shape index (κ2) is 8.25. The van der Waals surface area contributed by atoms with Gasteiger partial charge in [-0.2, -0.15) is 13.1 Å². The fourth-order valence-electron chi connectivity index (χ4n) is 3.87. The van der Waals surface area contributed by atoms with Crippen molar-refractivity contribution >= 4 is 39.3 Å². The van der Waals surface area contributed by atoms with Crippen molar-refractivity contribution < 1.29 is 13.2 Å². The Morgan fingerprint density at radius 1 is 1.26 bits per heavy atom. The molecule has 0 radical (unpaired) electrons. The van der Waals surface area contributed by atoms with E-state index in [2.05, 4.69) is 14.8 Å². The van der Waals surface area contributed by atoms with Crippen molar-refractivity contribution in [2.24, 2.45) is 11.3 Å². The van der Waals surface area contributed by atoms with E-state index < -0.39 is 10.2 Å². The van der Waals surface area contributed by atoms with Crippen LogP contribution >= 0.6 is 23.2 Å². The molecule has 3 N–H and O–H groups in total. The molecule has 2 aliphatic carbocycles. The molecule has 0 atom stereocenters. The smallest absolute Gasteiger partial charge is 0.277 e. The van der Waals surface area contributed by atoms with Crippen LogP contribution in [0.15, 0.2) is 18.2 Å². The summed E-state index contributed by atoms with van der Waals surface area (Å²) in [6.45, 7) is 2.61. The molecule has 2 saturated carbocycles. The van der Waals surface area contributed by atoms with Crippen molar-refractivity contribution in [3.8, 4) is 0 Å². The summed E-state index contributed by atoms with van der Waals surface area (Å²) in [5.41, 5.74) is 0.334. The first-order valence-electron chi connectivity index (χ1n) is 9.22. The molecule has 0 aliphatic heterocycles. The molecule has 3 rings (SSSR count). The molecule has 0 spiro atoms. The highest BCUT2D eigenvalue weighted by molar-refractivity contribution is 7.87. The van der Waals surface area contributed by atoms with Crippen LogP contribution in [0.25, 0.3) is 0 Å². The lowest BCUT2D eigenvalue weighted by atomic mass is 9.63. The van der Waals surface area contributed by atoms with Gasteiger partial charge in [0.1, 0.15) is 0 Å². The molecule has 27 heavy (non-hydrogen) atoms. The van der Waals surface area contributed by atoms with Gasteiger partial charge in [-0.1, -0.05) is 43.0 Å². The Balaban J connectivity index is 1.59. The monoisotopic (exact) mass is 433 g/mol. The quantitative estimate of drug-likeness (QED) is 0.558. The lowest BCUT2D eigenvalue weighted by Gasteiger charge is -2.48. The third kappa shape index (κ3) is 5.57. The summed E-state index contributed by atoms with van der Waals surface area (Å²) in [5.74, 6) is 0.455. The zero-order valence-corrected chi connectivity index (χ0v) is 17.6. The second-order valence-electron chi connectivity index (χ2n) is 7.68. The Kier molecular flexibility index (Phi) is 6.37. The van der Waals surface area contributed by atoms with E-state index >= 15 is 0 Å².